The quantitative estimate of drug-likeness (QED) is 0.872. The molecule has 0 radical (unpaired) electrons. The summed E-state index contributed by atoms with van der Waals surface area (Å²) in [4.78, 5) is 28.3. The van der Waals surface area contributed by atoms with Gasteiger partial charge in [-0.2, -0.15) is 0 Å². The molecule has 3 rings (SSSR count). The van der Waals surface area contributed by atoms with E-state index in [0.29, 0.717) is 30.6 Å². The van der Waals surface area contributed by atoms with Crippen LogP contribution in [0.4, 0.5) is 4.79 Å². The van der Waals surface area contributed by atoms with Crippen molar-refractivity contribution in [2.75, 3.05) is 19.6 Å². The lowest BCUT2D eigenvalue weighted by Gasteiger charge is -2.30. The maximum absolute atomic E-state index is 12.5. The molecule has 2 fully saturated rings. The van der Waals surface area contributed by atoms with Gasteiger partial charge in [-0.3, -0.25) is 4.79 Å². The average Bonchev–Trinajstić information content (AvgIpc) is 2.92. The fourth-order valence-corrected chi connectivity index (χ4v) is 3.82. The van der Waals surface area contributed by atoms with E-state index in [9.17, 15) is 9.59 Å². The molecule has 2 atom stereocenters. The Balaban J connectivity index is 1.49. The molecule has 1 aliphatic heterocycles. The fourth-order valence-electron chi connectivity index (χ4n) is 3.69. The molecule has 136 valence electrons. The first-order valence-corrected chi connectivity index (χ1v) is 9.48. The van der Waals surface area contributed by atoms with Crippen molar-refractivity contribution in [2.45, 2.75) is 45.2 Å². The van der Waals surface area contributed by atoms with Crippen LogP contribution in [-0.4, -0.2) is 47.4 Å². The molecule has 1 aromatic carbocycles. The Morgan fingerprint density at radius 2 is 1.84 bits per heavy atom. The third kappa shape index (κ3) is 4.66. The van der Waals surface area contributed by atoms with Gasteiger partial charge in [0, 0.05) is 30.7 Å². The number of hydrogen-bond acceptors (Lipinski definition) is 2. The van der Waals surface area contributed by atoms with Crippen LogP contribution in [0.5, 0.6) is 0 Å². The molecule has 0 aromatic heterocycles. The molecule has 1 N–H and O–H groups in total. The molecule has 1 heterocycles. The predicted octanol–water partition coefficient (Wildman–Crippen LogP) is 3.27. The molecule has 1 saturated carbocycles. The van der Waals surface area contributed by atoms with Gasteiger partial charge in [-0.1, -0.05) is 43.5 Å². The van der Waals surface area contributed by atoms with Gasteiger partial charge in [0.25, 0.3) is 0 Å². The van der Waals surface area contributed by atoms with Crippen molar-refractivity contribution in [3.8, 4) is 0 Å². The smallest absolute Gasteiger partial charge is 0.320 e. The Bertz CT molecular complexity index is 620. The predicted molar refractivity (Wildman–Crippen MR) is 98.4 cm³/mol. The van der Waals surface area contributed by atoms with Crippen molar-refractivity contribution in [1.29, 1.82) is 0 Å². The van der Waals surface area contributed by atoms with Gasteiger partial charge in [0.2, 0.25) is 5.91 Å². The molecule has 2 aliphatic rings. The van der Waals surface area contributed by atoms with E-state index in [2.05, 4.69) is 12.2 Å². The number of urea groups is 1. The van der Waals surface area contributed by atoms with Crippen LogP contribution in [-0.2, 0) is 11.3 Å². The molecule has 1 aliphatic carbocycles. The van der Waals surface area contributed by atoms with E-state index in [1.807, 2.05) is 24.3 Å². The highest BCUT2D eigenvalue weighted by molar-refractivity contribution is 6.30. The van der Waals surface area contributed by atoms with Gasteiger partial charge in [-0.05, 0) is 36.5 Å². The fraction of sp³-hybridized carbons (Fsp3) is 0.579. The second-order valence-corrected chi connectivity index (χ2v) is 7.62. The topological polar surface area (TPSA) is 52.7 Å². The highest BCUT2D eigenvalue weighted by atomic mass is 35.5. The molecule has 6 heteroatoms. The van der Waals surface area contributed by atoms with E-state index in [0.717, 1.165) is 12.0 Å². The Hall–Kier alpha value is -1.75. The Labute approximate surface area is 154 Å². The molecule has 2 unspecified atom stereocenters. The highest BCUT2D eigenvalue weighted by Gasteiger charge is 2.31. The molecule has 5 nitrogen and oxygen atoms in total. The van der Waals surface area contributed by atoms with Crippen molar-refractivity contribution >= 4 is 23.5 Å². The maximum atomic E-state index is 12.5. The first-order chi connectivity index (χ1) is 12.0. The first kappa shape index (κ1) is 18.1. The molecule has 1 aromatic rings. The molecular weight excluding hydrogens is 338 g/mol. The molecular formula is C19H26ClN3O2. The molecule has 1 saturated heterocycles. The number of carbonyl (C=O) groups is 2. The lowest BCUT2D eigenvalue weighted by atomic mass is 9.86. The summed E-state index contributed by atoms with van der Waals surface area (Å²) in [5.74, 6) is 0.480. The second-order valence-electron chi connectivity index (χ2n) is 7.19. The normalized spacial score (nSPS) is 23.8. The van der Waals surface area contributed by atoms with Gasteiger partial charge >= 0.3 is 6.03 Å². The second kappa shape index (κ2) is 8.09. The van der Waals surface area contributed by atoms with E-state index < -0.39 is 0 Å². The summed E-state index contributed by atoms with van der Waals surface area (Å²) >= 11 is 5.89. The zero-order valence-corrected chi connectivity index (χ0v) is 15.5. The Morgan fingerprint density at radius 1 is 1.16 bits per heavy atom. The number of nitrogens with one attached hydrogen (secondary N) is 1. The van der Waals surface area contributed by atoms with Crippen molar-refractivity contribution in [3.05, 3.63) is 34.9 Å². The largest absolute Gasteiger partial charge is 0.352 e. The molecule has 3 amide bonds. The zero-order chi connectivity index (χ0) is 17.8. The summed E-state index contributed by atoms with van der Waals surface area (Å²) in [7, 11) is 0. The minimum absolute atomic E-state index is 0.0413. The van der Waals surface area contributed by atoms with E-state index in [-0.39, 0.29) is 24.5 Å². The number of carbonyl (C=O) groups excluding carboxylic acids is 2. The summed E-state index contributed by atoms with van der Waals surface area (Å²) in [6.45, 7) is 4.14. The van der Waals surface area contributed by atoms with Gasteiger partial charge in [-0.15, -0.1) is 0 Å². The van der Waals surface area contributed by atoms with Crippen LogP contribution in [0, 0.1) is 5.92 Å². The van der Waals surface area contributed by atoms with Gasteiger partial charge in [0.15, 0.2) is 0 Å². The number of nitrogens with zero attached hydrogens (tertiary/aromatic N) is 2. The SMILES string of the molecule is CC1CCCCC1NC(=O)CN1CCN(Cc2ccc(Cl)cc2)C1=O. The van der Waals surface area contributed by atoms with Crippen LogP contribution in [0.2, 0.25) is 5.02 Å². The average molecular weight is 364 g/mol. The summed E-state index contributed by atoms with van der Waals surface area (Å²) in [6.07, 6.45) is 4.64. The Morgan fingerprint density at radius 3 is 2.56 bits per heavy atom. The van der Waals surface area contributed by atoms with Crippen LogP contribution < -0.4 is 5.32 Å². The summed E-state index contributed by atoms with van der Waals surface area (Å²) in [6, 6.07) is 7.69. The minimum atomic E-state index is -0.0678. The monoisotopic (exact) mass is 363 g/mol. The van der Waals surface area contributed by atoms with Crippen LogP contribution in [0.3, 0.4) is 0 Å². The number of rotatable bonds is 5. The molecule has 0 bridgehead atoms. The van der Waals surface area contributed by atoms with E-state index in [1.54, 1.807) is 9.80 Å². The van der Waals surface area contributed by atoms with Crippen molar-refractivity contribution < 1.29 is 9.59 Å². The van der Waals surface area contributed by atoms with Crippen molar-refractivity contribution in [2.24, 2.45) is 5.92 Å². The minimum Gasteiger partial charge on any atom is -0.352 e. The van der Waals surface area contributed by atoms with Crippen LogP contribution in [0.15, 0.2) is 24.3 Å². The zero-order valence-electron chi connectivity index (χ0n) is 14.7. The van der Waals surface area contributed by atoms with Gasteiger partial charge in [0.05, 0.1) is 0 Å². The van der Waals surface area contributed by atoms with Gasteiger partial charge < -0.3 is 15.1 Å². The standard InChI is InChI=1S/C19H26ClN3O2/c1-14-4-2-3-5-17(14)21-18(24)13-23-11-10-22(19(23)25)12-15-6-8-16(20)9-7-15/h6-9,14,17H,2-5,10-13H2,1H3,(H,21,24). The third-order valence-corrected chi connectivity index (χ3v) is 5.51. The summed E-state index contributed by atoms with van der Waals surface area (Å²) < 4.78 is 0. The number of amides is 3. The van der Waals surface area contributed by atoms with Crippen LogP contribution in [0.1, 0.15) is 38.2 Å². The third-order valence-electron chi connectivity index (χ3n) is 5.26. The van der Waals surface area contributed by atoms with E-state index >= 15 is 0 Å². The number of benzene rings is 1. The maximum Gasteiger partial charge on any atom is 0.320 e. The summed E-state index contributed by atoms with van der Waals surface area (Å²) in [5, 5.41) is 3.81. The van der Waals surface area contributed by atoms with Crippen LogP contribution >= 0.6 is 11.6 Å². The van der Waals surface area contributed by atoms with Crippen molar-refractivity contribution in [3.63, 3.8) is 0 Å². The lowest BCUT2D eigenvalue weighted by molar-refractivity contribution is -0.122. The Kier molecular flexibility index (Phi) is 5.84. The first-order valence-electron chi connectivity index (χ1n) is 9.10. The van der Waals surface area contributed by atoms with E-state index in [1.165, 1.54) is 19.3 Å². The highest BCUT2D eigenvalue weighted by Crippen LogP contribution is 2.23. The summed E-state index contributed by atoms with van der Waals surface area (Å²) in [5.41, 5.74) is 1.04. The van der Waals surface area contributed by atoms with E-state index in [4.69, 9.17) is 11.6 Å². The number of hydrogen-bond donors (Lipinski definition) is 1. The van der Waals surface area contributed by atoms with Gasteiger partial charge in [-0.25, -0.2) is 4.79 Å². The molecule has 25 heavy (non-hydrogen) atoms. The van der Waals surface area contributed by atoms with Crippen LogP contribution in [0.25, 0.3) is 0 Å². The lowest BCUT2D eigenvalue weighted by Crippen LogP contribution is -2.46. The van der Waals surface area contributed by atoms with Crippen molar-refractivity contribution in [1.82, 2.24) is 15.1 Å². The number of halogens is 1. The van der Waals surface area contributed by atoms with Gasteiger partial charge in [0.1, 0.15) is 6.54 Å². The molecule has 0 spiro atoms.